The predicted molar refractivity (Wildman–Crippen MR) is 35.4 cm³/mol. The molecule has 0 amide bonds. The van der Waals surface area contributed by atoms with Crippen molar-refractivity contribution in [3.05, 3.63) is 0 Å². The average molecular weight is 118 g/mol. The average Bonchev–Trinajstić information content (AvgIpc) is 1.61. The fraction of sp³-hybridized carbons (Fsp3) is 0.750. The molecule has 0 aliphatic rings. The van der Waals surface area contributed by atoms with Crippen LogP contribution in [-0.4, -0.2) is 24.6 Å². The highest BCUT2D eigenvalue weighted by atomic mass is 32.2. The van der Waals surface area contributed by atoms with Crippen LogP contribution in [0.4, 0.5) is 0 Å². The molecule has 0 aliphatic carbocycles. The second kappa shape index (κ2) is 4.15. The van der Waals surface area contributed by atoms with E-state index in [0.717, 1.165) is 0 Å². The lowest BCUT2D eigenvalue weighted by molar-refractivity contribution is 0.704. The maximum atomic E-state index is 3.89. The Hall–Kier alpha value is -0.0200. The molecule has 0 saturated heterocycles. The number of hydrogen-bond donors (Lipinski definition) is 0. The molecule has 0 N–H and O–H groups in total. The van der Waals surface area contributed by atoms with Crippen LogP contribution in [0.2, 0.25) is 0 Å². The van der Waals surface area contributed by atoms with Crippen molar-refractivity contribution in [1.82, 2.24) is 4.31 Å². The maximum Gasteiger partial charge on any atom is 0.0606 e. The van der Waals surface area contributed by atoms with Crippen molar-refractivity contribution < 1.29 is 0 Å². The molecule has 0 aliphatic heterocycles. The molecule has 0 rings (SSSR count). The van der Waals surface area contributed by atoms with E-state index >= 15 is 0 Å². The van der Waals surface area contributed by atoms with E-state index in [9.17, 15) is 0 Å². The molecule has 42 valence electrons. The molecule has 0 radical (unpaired) electrons. The molecule has 0 heterocycles. The monoisotopic (exact) mass is 118 g/mol. The zero-order chi connectivity index (χ0) is 5.70. The van der Waals surface area contributed by atoms with Gasteiger partial charge >= 0.3 is 0 Å². The van der Waals surface area contributed by atoms with Crippen LogP contribution in [0.15, 0.2) is 4.40 Å². The normalized spacial score (nSPS) is 11.4. The third-order valence-corrected chi connectivity index (χ3v) is 0.948. The van der Waals surface area contributed by atoms with Crippen molar-refractivity contribution >= 4 is 18.3 Å². The van der Waals surface area contributed by atoms with Gasteiger partial charge in [0.2, 0.25) is 0 Å². The summed E-state index contributed by atoms with van der Waals surface area (Å²) in [6, 6.07) is 0. The minimum Gasteiger partial charge on any atom is -0.237 e. The molecule has 0 bridgehead atoms. The Balaban J connectivity index is 2.97. The van der Waals surface area contributed by atoms with E-state index in [1.54, 1.807) is 6.21 Å². The van der Waals surface area contributed by atoms with Crippen LogP contribution in [0.1, 0.15) is 6.92 Å². The Labute approximate surface area is 48.9 Å². The van der Waals surface area contributed by atoms with Gasteiger partial charge in [0, 0.05) is 6.21 Å². The summed E-state index contributed by atoms with van der Waals surface area (Å²) in [6.07, 6.45) is 1.77. The Morgan fingerprint density at radius 1 is 1.57 bits per heavy atom. The first kappa shape index (κ1) is 6.98. The van der Waals surface area contributed by atoms with Crippen molar-refractivity contribution in [2.24, 2.45) is 4.40 Å². The molecule has 0 atom stereocenters. The lowest BCUT2D eigenvalue weighted by atomic mass is 10.9. The van der Waals surface area contributed by atoms with Crippen LogP contribution in [0.5, 0.6) is 0 Å². The summed E-state index contributed by atoms with van der Waals surface area (Å²) in [5.74, 6) is 0. The highest BCUT2D eigenvalue weighted by molar-refractivity contribution is 7.95. The van der Waals surface area contributed by atoms with Crippen molar-refractivity contribution in [2.75, 3.05) is 14.1 Å². The first-order chi connectivity index (χ1) is 3.27. The van der Waals surface area contributed by atoms with Crippen molar-refractivity contribution in [3.63, 3.8) is 0 Å². The van der Waals surface area contributed by atoms with E-state index in [1.807, 2.05) is 25.3 Å². The van der Waals surface area contributed by atoms with E-state index in [1.165, 1.54) is 12.1 Å². The largest absolute Gasteiger partial charge is 0.237 e. The van der Waals surface area contributed by atoms with Crippen molar-refractivity contribution in [2.45, 2.75) is 6.92 Å². The maximum absolute atomic E-state index is 3.89. The summed E-state index contributed by atoms with van der Waals surface area (Å²) in [7, 11) is 3.91. The van der Waals surface area contributed by atoms with E-state index < -0.39 is 0 Å². The first-order valence-corrected chi connectivity index (χ1v) is 2.83. The van der Waals surface area contributed by atoms with Crippen molar-refractivity contribution in [1.29, 1.82) is 0 Å². The topological polar surface area (TPSA) is 15.6 Å². The quantitative estimate of drug-likeness (QED) is 0.400. The van der Waals surface area contributed by atoms with Crippen LogP contribution in [-0.2, 0) is 0 Å². The van der Waals surface area contributed by atoms with Crippen LogP contribution in [0, 0.1) is 0 Å². The van der Waals surface area contributed by atoms with Crippen molar-refractivity contribution in [3.8, 4) is 0 Å². The third kappa shape index (κ3) is 5.98. The highest BCUT2D eigenvalue weighted by Crippen LogP contribution is 2.01. The molecule has 0 aromatic rings. The Kier molecular flexibility index (Phi) is 4.14. The smallest absolute Gasteiger partial charge is 0.0606 e. The van der Waals surface area contributed by atoms with E-state index in [-0.39, 0.29) is 0 Å². The van der Waals surface area contributed by atoms with Gasteiger partial charge in [0.05, 0.1) is 12.1 Å². The summed E-state index contributed by atoms with van der Waals surface area (Å²) in [5.41, 5.74) is 0. The fourth-order valence-electron chi connectivity index (χ4n) is 0.141. The summed E-state index contributed by atoms with van der Waals surface area (Å²) in [4.78, 5) is 0. The summed E-state index contributed by atoms with van der Waals surface area (Å²) in [5, 5.41) is 0. The van der Waals surface area contributed by atoms with Gasteiger partial charge in [-0.1, -0.05) is 0 Å². The van der Waals surface area contributed by atoms with Gasteiger partial charge < -0.3 is 0 Å². The zero-order valence-corrected chi connectivity index (χ0v) is 5.70. The minimum atomic E-state index is 1.43. The van der Waals surface area contributed by atoms with Crippen LogP contribution in [0.3, 0.4) is 0 Å². The number of rotatable bonds is 2. The second-order valence-corrected chi connectivity index (χ2v) is 2.36. The van der Waals surface area contributed by atoms with Gasteiger partial charge in [0.25, 0.3) is 0 Å². The molecule has 0 spiro atoms. The van der Waals surface area contributed by atoms with Gasteiger partial charge in [0.15, 0.2) is 0 Å². The Morgan fingerprint density at radius 2 is 2.14 bits per heavy atom. The third-order valence-electron chi connectivity index (χ3n) is 0.316. The molecule has 3 heteroatoms. The van der Waals surface area contributed by atoms with Gasteiger partial charge in [-0.15, -0.1) is 0 Å². The molecule has 0 unspecified atom stereocenters. The van der Waals surface area contributed by atoms with Gasteiger partial charge in [-0.25, -0.2) is 8.70 Å². The second-order valence-electron chi connectivity index (χ2n) is 1.26. The lowest BCUT2D eigenvalue weighted by Crippen LogP contribution is -1.95. The molecule has 0 aromatic carbocycles. The van der Waals surface area contributed by atoms with Gasteiger partial charge in [-0.2, -0.15) is 0 Å². The zero-order valence-electron chi connectivity index (χ0n) is 4.88. The summed E-state index contributed by atoms with van der Waals surface area (Å²) < 4.78 is 5.82. The summed E-state index contributed by atoms with van der Waals surface area (Å²) >= 11 is 1.43. The molecule has 0 aromatic heterocycles. The fourth-order valence-corrected chi connectivity index (χ4v) is 0.424. The highest BCUT2D eigenvalue weighted by Gasteiger charge is 1.79. The first-order valence-electron chi connectivity index (χ1n) is 2.10. The molecule has 0 saturated carbocycles. The standard InChI is InChI=1S/C4H10N2S/c1-4-5-7-6(2)3/h4H,1-3H3. The SMILES string of the molecule is CC=NSN(C)C. The van der Waals surface area contributed by atoms with E-state index in [4.69, 9.17) is 0 Å². The number of hydrogen-bond acceptors (Lipinski definition) is 3. The van der Waals surface area contributed by atoms with Crippen LogP contribution >= 0.6 is 12.1 Å². The van der Waals surface area contributed by atoms with Gasteiger partial charge in [-0.05, 0) is 21.0 Å². The molecule has 7 heavy (non-hydrogen) atoms. The van der Waals surface area contributed by atoms with Gasteiger partial charge in [0.1, 0.15) is 0 Å². The van der Waals surface area contributed by atoms with Crippen LogP contribution < -0.4 is 0 Å². The number of nitrogens with zero attached hydrogens (tertiary/aromatic N) is 2. The minimum absolute atomic E-state index is 1.43. The van der Waals surface area contributed by atoms with E-state index in [0.29, 0.717) is 0 Å². The Bertz CT molecular complexity index is 60.7. The van der Waals surface area contributed by atoms with E-state index in [2.05, 4.69) is 4.40 Å². The summed E-state index contributed by atoms with van der Waals surface area (Å²) in [6.45, 7) is 1.90. The molecule has 2 nitrogen and oxygen atoms in total. The lowest BCUT2D eigenvalue weighted by Gasteiger charge is -1.98. The van der Waals surface area contributed by atoms with Crippen LogP contribution in [0.25, 0.3) is 0 Å². The molecule has 0 fully saturated rings. The predicted octanol–water partition coefficient (Wildman–Crippen LogP) is 1.20. The Morgan fingerprint density at radius 3 is 2.29 bits per heavy atom. The molecular weight excluding hydrogens is 108 g/mol. The molecular formula is C4H10N2S. The van der Waals surface area contributed by atoms with Gasteiger partial charge in [-0.3, -0.25) is 0 Å².